The number of benzene rings is 1. The van der Waals surface area contributed by atoms with Crippen molar-refractivity contribution in [2.45, 2.75) is 63.7 Å². The minimum atomic E-state index is -3.63. The highest BCUT2D eigenvalue weighted by Crippen LogP contribution is 2.13. The van der Waals surface area contributed by atoms with Crippen molar-refractivity contribution in [2.24, 2.45) is 0 Å². The van der Waals surface area contributed by atoms with Crippen molar-refractivity contribution in [3.8, 4) is 11.8 Å². The lowest BCUT2D eigenvalue weighted by Crippen LogP contribution is -2.07. The van der Waals surface area contributed by atoms with E-state index in [4.69, 9.17) is 4.18 Å². The Bertz CT molecular complexity index is 577. The normalized spacial score (nSPS) is 11.0. The van der Waals surface area contributed by atoms with Gasteiger partial charge in [0.15, 0.2) is 0 Å². The number of aryl methyl sites for hydroxylation is 1. The van der Waals surface area contributed by atoms with Crippen LogP contribution in [0.3, 0.4) is 0 Å². The van der Waals surface area contributed by atoms with E-state index in [1.165, 1.54) is 19.3 Å². The molecule has 0 aliphatic carbocycles. The Kier molecular flexibility index (Phi) is 8.88. The zero-order valence-electron chi connectivity index (χ0n) is 13.6. The van der Waals surface area contributed by atoms with Crippen LogP contribution in [0.1, 0.15) is 57.4 Å². The molecule has 122 valence electrons. The molecule has 0 atom stereocenters. The first-order valence-electron chi connectivity index (χ1n) is 7.98. The molecule has 1 aromatic rings. The summed E-state index contributed by atoms with van der Waals surface area (Å²) < 4.78 is 28.9. The first-order chi connectivity index (χ1) is 10.6. The molecule has 0 aromatic heterocycles. The molecule has 4 heteroatoms. The van der Waals surface area contributed by atoms with Crippen LogP contribution in [0.2, 0.25) is 0 Å². The SMILES string of the molecule is CCCCCCC#CCCCOS(=O)(=O)c1ccc(C)cc1. The summed E-state index contributed by atoms with van der Waals surface area (Å²) in [5, 5.41) is 0. The van der Waals surface area contributed by atoms with E-state index in [1.807, 2.05) is 6.92 Å². The van der Waals surface area contributed by atoms with E-state index in [-0.39, 0.29) is 11.5 Å². The lowest BCUT2D eigenvalue weighted by Gasteiger charge is -2.04. The summed E-state index contributed by atoms with van der Waals surface area (Å²) in [4.78, 5) is 0.208. The van der Waals surface area contributed by atoms with Crippen LogP contribution in [0.25, 0.3) is 0 Å². The van der Waals surface area contributed by atoms with Crippen molar-refractivity contribution in [3.63, 3.8) is 0 Å². The van der Waals surface area contributed by atoms with E-state index in [9.17, 15) is 8.42 Å². The predicted octanol–water partition coefficient (Wildman–Crippen LogP) is 4.45. The maximum absolute atomic E-state index is 11.9. The van der Waals surface area contributed by atoms with Crippen LogP contribution in [-0.2, 0) is 14.3 Å². The molecule has 22 heavy (non-hydrogen) atoms. The molecule has 1 aromatic carbocycles. The van der Waals surface area contributed by atoms with Crippen LogP contribution in [0.5, 0.6) is 0 Å². The van der Waals surface area contributed by atoms with Crippen LogP contribution in [0, 0.1) is 18.8 Å². The summed E-state index contributed by atoms with van der Waals surface area (Å²) in [6, 6.07) is 6.67. The van der Waals surface area contributed by atoms with E-state index in [2.05, 4.69) is 18.8 Å². The van der Waals surface area contributed by atoms with Gasteiger partial charge >= 0.3 is 0 Å². The van der Waals surface area contributed by atoms with Gasteiger partial charge in [0.2, 0.25) is 0 Å². The lowest BCUT2D eigenvalue weighted by molar-refractivity contribution is 0.314. The highest BCUT2D eigenvalue weighted by Gasteiger charge is 2.13. The number of hydrogen-bond donors (Lipinski definition) is 0. The molecule has 0 amide bonds. The van der Waals surface area contributed by atoms with E-state index in [0.29, 0.717) is 12.8 Å². The van der Waals surface area contributed by atoms with Crippen molar-refractivity contribution >= 4 is 10.1 Å². The maximum atomic E-state index is 11.9. The van der Waals surface area contributed by atoms with Crippen LogP contribution in [-0.4, -0.2) is 15.0 Å². The molecule has 0 spiro atoms. The zero-order valence-corrected chi connectivity index (χ0v) is 14.4. The molecular weight excluding hydrogens is 296 g/mol. The summed E-state index contributed by atoms with van der Waals surface area (Å²) >= 11 is 0. The minimum Gasteiger partial charge on any atom is -0.266 e. The standard InChI is InChI=1S/C18H26O3S/c1-3-4-5-6-7-8-9-10-11-16-21-22(19,20)18-14-12-17(2)13-15-18/h12-15H,3-7,10-11,16H2,1-2H3. The van der Waals surface area contributed by atoms with E-state index in [0.717, 1.165) is 18.4 Å². The maximum Gasteiger partial charge on any atom is 0.296 e. The van der Waals surface area contributed by atoms with Crippen LogP contribution in [0.4, 0.5) is 0 Å². The summed E-state index contributed by atoms with van der Waals surface area (Å²) in [5.41, 5.74) is 1.02. The highest BCUT2D eigenvalue weighted by atomic mass is 32.2. The van der Waals surface area contributed by atoms with Crippen LogP contribution in [0.15, 0.2) is 29.2 Å². The number of hydrogen-bond acceptors (Lipinski definition) is 3. The molecule has 3 nitrogen and oxygen atoms in total. The third kappa shape index (κ3) is 7.63. The largest absolute Gasteiger partial charge is 0.296 e. The van der Waals surface area contributed by atoms with Crippen molar-refractivity contribution in [3.05, 3.63) is 29.8 Å². The van der Waals surface area contributed by atoms with E-state index >= 15 is 0 Å². The second kappa shape index (κ2) is 10.4. The van der Waals surface area contributed by atoms with Crippen LogP contribution >= 0.6 is 0 Å². The Labute approximate surface area is 135 Å². The number of unbranched alkanes of at least 4 members (excludes halogenated alkanes) is 5. The van der Waals surface area contributed by atoms with Gasteiger partial charge in [0.25, 0.3) is 10.1 Å². The second-order valence-corrected chi connectivity index (χ2v) is 6.97. The first-order valence-corrected chi connectivity index (χ1v) is 9.39. The molecule has 0 bridgehead atoms. The predicted molar refractivity (Wildman–Crippen MR) is 90.1 cm³/mol. The van der Waals surface area contributed by atoms with Gasteiger partial charge in [0, 0.05) is 12.8 Å². The minimum absolute atomic E-state index is 0.181. The van der Waals surface area contributed by atoms with Crippen molar-refractivity contribution in [1.29, 1.82) is 0 Å². The Hall–Kier alpha value is -1.31. The topological polar surface area (TPSA) is 43.4 Å². The summed E-state index contributed by atoms with van der Waals surface area (Å²) in [6.45, 7) is 4.29. The molecule has 0 heterocycles. The van der Waals surface area contributed by atoms with Crippen molar-refractivity contribution in [2.75, 3.05) is 6.61 Å². The van der Waals surface area contributed by atoms with Gasteiger partial charge in [-0.2, -0.15) is 8.42 Å². The molecule has 0 saturated carbocycles. The molecular formula is C18H26O3S. The van der Waals surface area contributed by atoms with Crippen LogP contribution < -0.4 is 0 Å². The molecule has 0 N–H and O–H groups in total. The van der Waals surface area contributed by atoms with Gasteiger partial charge in [-0.3, -0.25) is 4.18 Å². The molecule has 0 fully saturated rings. The highest BCUT2D eigenvalue weighted by molar-refractivity contribution is 7.86. The third-order valence-electron chi connectivity index (χ3n) is 3.27. The van der Waals surface area contributed by atoms with Gasteiger partial charge in [-0.05, 0) is 31.9 Å². The molecule has 0 radical (unpaired) electrons. The Morgan fingerprint density at radius 1 is 0.955 bits per heavy atom. The summed E-state index contributed by atoms with van der Waals surface area (Å²) in [5.74, 6) is 6.20. The average molecular weight is 322 g/mol. The van der Waals surface area contributed by atoms with Gasteiger partial charge in [-0.1, -0.05) is 43.9 Å². The van der Waals surface area contributed by atoms with Crippen molar-refractivity contribution in [1.82, 2.24) is 0 Å². The molecule has 1 rings (SSSR count). The Morgan fingerprint density at radius 2 is 1.59 bits per heavy atom. The molecule has 0 aliphatic rings. The van der Waals surface area contributed by atoms with Gasteiger partial charge in [0.05, 0.1) is 11.5 Å². The average Bonchev–Trinajstić information content (AvgIpc) is 2.49. The first kappa shape index (κ1) is 18.7. The fourth-order valence-corrected chi connectivity index (χ4v) is 2.86. The Balaban J connectivity index is 2.21. The molecule has 0 saturated heterocycles. The Morgan fingerprint density at radius 3 is 2.23 bits per heavy atom. The second-order valence-electron chi connectivity index (χ2n) is 5.36. The lowest BCUT2D eigenvalue weighted by atomic mass is 10.1. The fraction of sp³-hybridized carbons (Fsp3) is 0.556. The molecule has 0 unspecified atom stereocenters. The van der Waals surface area contributed by atoms with E-state index < -0.39 is 10.1 Å². The monoisotopic (exact) mass is 322 g/mol. The van der Waals surface area contributed by atoms with Gasteiger partial charge in [-0.15, -0.1) is 11.8 Å². The van der Waals surface area contributed by atoms with Gasteiger partial charge in [0.1, 0.15) is 0 Å². The van der Waals surface area contributed by atoms with Gasteiger partial charge in [-0.25, -0.2) is 0 Å². The number of rotatable bonds is 9. The smallest absolute Gasteiger partial charge is 0.266 e. The summed E-state index contributed by atoms with van der Waals surface area (Å²) in [6.07, 6.45) is 7.14. The zero-order chi connectivity index (χ0) is 16.3. The van der Waals surface area contributed by atoms with Gasteiger partial charge < -0.3 is 0 Å². The van der Waals surface area contributed by atoms with E-state index in [1.54, 1.807) is 24.3 Å². The van der Waals surface area contributed by atoms with Crippen molar-refractivity contribution < 1.29 is 12.6 Å². The third-order valence-corrected chi connectivity index (χ3v) is 4.60. The fourth-order valence-electron chi connectivity index (χ4n) is 1.92. The quantitative estimate of drug-likeness (QED) is 0.383. The summed E-state index contributed by atoms with van der Waals surface area (Å²) in [7, 11) is -3.63. The molecule has 0 aliphatic heterocycles.